The summed E-state index contributed by atoms with van der Waals surface area (Å²) in [5.41, 5.74) is 0.0801. The van der Waals surface area contributed by atoms with Gasteiger partial charge in [-0.05, 0) is 19.8 Å². The molecule has 88 valence electrons. The summed E-state index contributed by atoms with van der Waals surface area (Å²) in [6.45, 7) is 3.51. The minimum absolute atomic E-state index is 0.0801. The Morgan fingerprint density at radius 3 is 2.94 bits per heavy atom. The first-order valence-electron chi connectivity index (χ1n) is 5.57. The molecule has 0 aliphatic heterocycles. The van der Waals surface area contributed by atoms with E-state index in [2.05, 4.69) is 15.3 Å². The van der Waals surface area contributed by atoms with Gasteiger partial charge in [0.2, 0.25) is 5.88 Å². The number of nitrogens with one attached hydrogen (secondary N) is 1. The summed E-state index contributed by atoms with van der Waals surface area (Å²) in [5.74, 6) is 1.33. The van der Waals surface area contributed by atoms with E-state index < -0.39 is 0 Å². The molecular formula is C11H17N3O2. The quantitative estimate of drug-likeness (QED) is 0.754. The van der Waals surface area contributed by atoms with Crippen molar-refractivity contribution in [3.8, 4) is 5.88 Å². The molecule has 1 aliphatic rings. The molecule has 2 N–H and O–H groups in total. The molecule has 1 fully saturated rings. The summed E-state index contributed by atoms with van der Waals surface area (Å²) in [5, 5.41) is 12.4. The van der Waals surface area contributed by atoms with Gasteiger partial charge >= 0.3 is 0 Å². The summed E-state index contributed by atoms with van der Waals surface area (Å²) >= 11 is 0. The Morgan fingerprint density at radius 2 is 2.31 bits per heavy atom. The summed E-state index contributed by atoms with van der Waals surface area (Å²) in [7, 11) is 0. The normalized spacial score (nSPS) is 16.9. The molecule has 0 aromatic carbocycles. The average Bonchev–Trinajstić information content (AvgIpc) is 3.08. The molecule has 2 rings (SSSR count). The molecule has 0 unspecified atom stereocenters. The number of hydrogen-bond acceptors (Lipinski definition) is 5. The van der Waals surface area contributed by atoms with Gasteiger partial charge in [-0.1, -0.05) is 0 Å². The monoisotopic (exact) mass is 223 g/mol. The second kappa shape index (κ2) is 4.65. The van der Waals surface area contributed by atoms with Crippen molar-refractivity contribution in [2.75, 3.05) is 25.1 Å². The van der Waals surface area contributed by atoms with Crippen LogP contribution in [0.25, 0.3) is 0 Å². The first-order chi connectivity index (χ1) is 7.78. The highest BCUT2D eigenvalue weighted by Crippen LogP contribution is 2.44. The maximum absolute atomic E-state index is 9.18. The molecule has 0 amide bonds. The lowest BCUT2D eigenvalue weighted by Gasteiger charge is -2.13. The lowest BCUT2D eigenvalue weighted by Crippen LogP contribution is -2.19. The Kier molecular flexibility index (Phi) is 3.24. The molecule has 5 heteroatoms. The number of aliphatic hydroxyl groups is 1. The van der Waals surface area contributed by atoms with Crippen LogP contribution in [0.15, 0.2) is 12.4 Å². The van der Waals surface area contributed by atoms with Crippen molar-refractivity contribution in [2.24, 2.45) is 5.41 Å². The Labute approximate surface area is 94.9 Å². The van der Waals surface area contributed by atoms with Gasteiger partial charge in [0.15, 0.2) is 0 Å². The molecular weight excluding hydrogens is 206 g/mol. The van der Waals surface area contributed by atoms with Crippen LogP contribution in [-0.4, -0.2) is 34.8 Å². The Bertz CT molecular complexity index is 353. The van der Waals surface area contributed by atoms with Crippen molar-refractivity contribution in [1.29, 1.82) is 0 Å². The number of rotatable bonds is 6. The zero-order valence-corrected chi connectivity index (χ0v) is 9.44. The number of ether oxygens (including phenoxy) is 1. The molecule has 1 heterocycles. The fourth-order valence-electron chi connectivity index (χ4n) is 1.51. The van der Waals surface area contributed by atoms with E-state index in [0.29, 0.717) is 12.5 Å². The van der Waals surface area contributed by atoms with Crippen molar-refractivity contribution in [3.63, 3.8) is 0 Å². The van der Waals surface area contributed by atoms with Gasteiger partial charge in [-0.25, -0.2) is 9.97 Å². The lowest BCUT2D eigenvalue weighted by molar-refractivity contribution is 0.219. The van der Waals surface area contributed by atoms with E-state index in [4.69, 9.17) is 4.74 Å². The fourth-order valence-corrected chi connectivity index (χ4v) is 1.51. The van der Waals surface area contributed by atoms with Crippen molar-refractivity contribution >= 4 is 5.82 Å². The third-order valence-electron chi connectivity index (χ3n) is 2.87. The van der Waals surface area contributed by atoms with Gasteiger partial charge in [-0.15, -0.1) is 0 Å². The molecule has 0 spiro atoms. The Hall–Kier alpha value is -1.36. The maximum atomic E-state index is 9.18. The first-order valence-corrected chi connectivity index (χ1v) is 5.57. The third-order valence-corrected chi connectivity index (χ3v) is 2.87. The molecule has 1 saturated carbocycles. The van der Waals surface area contributed by atoms with Gasteiger partial charge in [-0.3, -0.25) is 0 Å². The summed E-state index contributed by atoms with van der Waals surface area (Å²) in [6, 6.07) is 1.77. The van der Waals surface area contributed by atoms with E-state index in [0.717, 1.165) is 25.2 Å². The number of aromatic nitrogens is 2. The van der Waals surface area contributed by atoms with Crippen molar-refractivity contribution in [3.05, 3.63) is 12.4 Å². The second-order valence-electron chi connectivity index (χ2n) is 4.19. The minimum atomic E-state index is 0.0801. The zero-order valence-electron chi connectivity index (χ0n) is 9.44. The smallest absolute Gasteiger partial charge is 0.218 e. The van der Waals surface area contributed by atoms with E-state index in [1.165, 1.54) is 6.33 Å². The molecule has 1 aromatic heterocycles. The SMILES string of the molecule is CCOc1cc(NCC2(CO)CC2)ncn1. The van der Waals surface area contributed by atoms with Crippen molar-refractivity contribution < 1.29 is 9.84 Å². The number of hydrogen-bond donors (Lipinski definition) is 2. The second-order valence-corrected chi connectivity index (χ2v) is 4.19. The average molecular weight is 223 g/mol. The Morgan fingerprint density at radius 1 is 1.50 bits per heavy atom. The van der Waals surface area contributed by atoms with Gasteiger partial charge in [-0.2, -0.15) is 0 Å². The molecule has 0 radical (unpaired) electrons. The van der Waals surface area contributed by atoms with Gasteiger partial charge in [0, 0.05) is 18.0 Å². The van der Waals surface area contributed by atoms with Crippen LogP contribution in [0.4, 0.5) is 5.82 Å². The highest BCUT2D eigenvalue weighted by atomic mass is 16.5. The van der Waals surface area contributed by atoms with Crippen LogP contribution in [0, 0.1) is 5.41 Å². The van der Waals surface area contributed by atoms with Gasteiger partial charge in [0.25, 0.3) is 0 Å². The molecule has 0 bridgehead atoms. The number of aliphatic hydroxyl groups excluding tert-OH is 1. The minimum Gasteiger partial charge on any atom is -0.478 e. The van der Waals surface area contributed by atoms with Crippen molar-refractivity contribution in [2.45, 2.75) is 19.8 Å². The molecule has 5 nitrogen and oxygen atoms in total. The summed E-state index contributed by atoms with van der Waals surface area (Å²) < 4.78 is 5.28. The topological polar surface area (TPSA) is 67.3 Å². The number of anilines is 1. The number of nitrogens with zero attached hydrogens (tertiary/aromatic N) is 2. The Balaban J connectivity index is 1.91. The van der Waals surface area contributed by atoms with E-state index in [-0.39, 0.29) is 12.0 Å². The predicted molar refractivity (Wildman–Crippen MR) is 60.4 cm³/mol. The van der Waals surface area contributed by atoms with Crippen LogP contribution in [0.2, 0.25) is 0 Å². The van der Waals surface area contributed by atoms with Crippen LogP contribution < -0.4 is 10.1 Å². The van der Waals surface area contributed by atoms with E-state index >= 15 is 0 Å². The fraction of sp³-hybridized carbons (Fsp3) is 0.636. The van der Waals surface area contributed by atoms with E-state index in [1.807, 2.05) is 6.92 Å². The summed E-state index contributed by atoms with van der Waals surface area (Å²) in [4.78, 5) is 8.09. The first kappa shape index (κ1) is 11.1. The van der Waals surface area contributed by atoms with Crippen LogP contribution >= 0.6 is 0 Å². The predicted octanol–water partition coefficient (Wildman–Crippen LogP) is 1.06. The standard InChI is InChI=1S/C11H17N3O2/c1-2-16-10-5-9(13-8-14-10)12-6-11(7-15)3-4-11/h5,8,15H,2-4,6-7H2,1H3,(H,12,13,14). The van der Waals surface area contributed by atoms with Crippen LogP contribution in [0.5, 0.6) is 5.88 Å². The summed E-state index contributed by atoms with van der Waals surface area (Å²) in [6.07, 6.45) is 3.64. The van der Waals surface area contributed by atoms with Gasteiger partial charge < -0.3 is 15.2 Å². The third kappa shape index (κ3) is 2.61. The lowest BCUT2D eigenvalue weighted by atomic mass is 10.1. The largest absolute Gasteiger partial charge is 0.478 e. The molecule has 1 aromatic rings. The maximum Gasteiger partial charge on any atom is 0.218 e. The van der Waals surface area contributed by atoms with Crippen LogP contribution in [0.1, 0.15) is 19.8 Å². The van der Waals surface area contributed by atoms with E-state index in [9.17, 15) is 5.11 Å². The van der Waals surface area contributed by atoms with E-state index in [1.54, 1.807) is 6.07 Å². The highest BCUT2D eigenvalue weighted by molar-refractivity contribution is 5.37. The van der Waals surface area contributed by atoms with Crippen molar-refractivity contribution in [1.82, 2.24) is 9.97 Å². The molecule has 16 heavy (non-hydrogen) atoms. The van der Waals surface area contributed by atoms with Gasteiger partial charge in [0.05, 0.1) is 13.2 Å². The zero-order chi connectivity index (χ0) is 11.4. The molecule has 0 saturated heterocycles. The van der Waals surface area contributed by atoms with Crippen LogP contribution in [-0.2, 0) is 0 Å². The highest BCUT2D eigenvalue weighted by Gasteiger charge is 2.41. The van der Waals surface area contributed by atoms with Gasteiger partial charge in [0.1, 0.15) is 12.1 Å². The molecule has 1 aliphatic carbocycles. The molecule has 0 atom stereocenters. The van der Waals surface area contributed by atoms with Crippen LogP contribution in [0.3, 0.4) is 0 Å².